The highest BCUT2D eigenvalue weighted by Gasteiger charge is 2.29. The summed E-state index contributed by atoms with van der Waals surface area (Å²) in [6.07, 6.45) is 2.77. The molecule has 0 saturated carbocycles. The smallest absolute Gasteiger partial charge is 0.254 e. The average molecular weight is 297 g/mol. The summed E-state index contributed by atoms with van der Waals surface area (Å²) in [7, 11) is -3.34. The van der Waals surface area contributed by atoms with Gasteiger partial charge in [-0.2, -0.15) is 0 Å². The van der Waals surface area contributed by atoms with E-state index in [2.05, 4.69) is 0 Å². The zero-order valence-electron chi connectivity index (χ0n) is 11.7. The van der Waals surface area contributed by atoms with E-state index in [1.54, 1.807) is 17.9 Å². The first kappa shape index (κ1) is 15.0. The summed E-state index contributed by atoms with van der Waals surface area (Å²) in [6, 6.07) is 4.42. The standard InChI is InChI=1S/C14H19NO4S/c1-10-5-6-12(20(2,18)19)8-13(10)14(17)15-7-3-4-11(15)9-16/h5-6,8,11,16H,3-4,7,9H2,1-2H3. The van der Waals surface area contributed by atoms with Crippen LogP contribution in [-0.4, -0.2) is 49.8 Å². The first-order valence-corrected chi connectivity index (χ1v) is 8.46. The van der Waals surface area contributed by atoms with Crippen LogP contribution in [0.25, 0.3) is 0 Å². The highest BCUT2D eigenvalue weighted by molar-refractivity contribution is 7.90. The molecule has 0 aliphatic carbocycles. The van der Waals surface area contributed by atoms with Gasteiger partial charge < -0.3 is 10.0 Å². The summed E-state index contributed by atoms with van der Waals surface area (Å²) in [6.45, 7) is 2.33. The van der Waals surface area contributed by atoms with Crippen molar-refractivity contribution in [2.45, 2.75) is 30.7 Å². The second kappa shape index (κ2) is 5.54. The third-order valence-electron chi connectivity index (χ3n) is 3.72. The van der Waals surface area contributed by atoms with Gasteiger partial charge in [-0.05, 0) is 37.5 Å². The zero-order valence-corrected chi connectivity index (χ0v) is 12.5. The van der Waals surface area contributed by atoms with Crippen LogP contribution in [-0.2, 0) is 9.84 Å². The van der Waals surface area contributed by atoms with Crippen LogP contribution < -0.4 is 0 Å². The van der Waals surface area contributed by atoms with Crippen molar-refractivity contribution in [3.8, 4) is 0 Å². The quantitative estimate of drug-likeness (QED) is 0.903. The van der Waals surface area contributed by atoms with Crippen LogP contribution in [0.3, 0.4) is 0 Å². The van der Waals surface area contributed by atoms with Crippen LogP contribution in [0.1, 0.15) is 28.8 Å². The second-order valence-corrected chi connectivity index (χ2v) is 7.24. The number of aliphatic hydroxyl groups excluding tert-OH is 1. The summed E-state index contributed by atoms with van der Waals surface area (Å²) in [4.78, 5) is 14.3. The Morgan fingerprint density at radius 3 is 2.75 bits per heavy atom. The number of carbonyl (C=O) groups excluding carboxylic acids is 1. The summed E-state index contributed by atoms with van der Waals surface area (Å²) in [5.41, 5.74) is 1.14. The maximum Gasteiger partial charge on any atom is 0.254 e. The Balaban J connectivity index is 2.39. The highest BCUT2D eigenvalue weighted by Crippen LogP contribution is 2.23. The number of amides is 1. The predicted molar refractivity (Wildman–Crippen MR) is 75.4 cm³/mol. The lowest BCUT2D eigenvalue weighted by Gasteiger charge is -2.24. The molecule has 0 spiro atoms. The maximum absolute atomic E-state index is 12.5. The molecule has 6 heteroatoms. The van der Waals surface area contributed by atoms with E-state index in [0.717, 1.165) is 24.7 Å². The minimum absolute atomic E-state index is 0.0590. The van der Waals surface area contributed by atoms with Crippen molar-refractivity contribution >= 4 is 15.7 Å². The zero-order chi connectivity index (χ0) is 14.9. The molecule has 0 bridgehead atoms. The van der Waals surface area contributed by atoms with Crippen LogP contribution >= 0.6 is 0 Å². The number of likely N-dealkylation sites (tertiary alicyclic amines) is 1. The SMILES string of the molecule is Cc1ccc(S(C)(=O)=O)cc1C(=O)N1CCCC1CO. The van der Waals surface area contributed by atoms with Gasteiger partial charge in [0.2, 0.25) is 0 Å². The molecule has 1 fully saturated rings. The fraction of sp³-hybridized carbons (Fsp3) is 0.500. The van der Waals surface area contributed by atoms with Crippen LogP contribution in [0.15, 0.2) is 23.1 Å². The molecule has 20 heavy (non-hydrogen) atoms. The third kappa shape index (κ3) is 2.86. The average Bonchev–Trinajstić information content (AvgIpc) is 2.85. The van der Waals surface area contributed by atoms with Gasteiger partial charge in [0.15, 0.2) is 9.84 Å². The Hall–Kier alpha value is -1.40. The summed E-state index contributed by atoms with van der Waals surface area (Å²) in [5.74, 6) is -0.204. The number of nitrogens with zero attached hydrogens (tertiary/aromatic N) is 1. The molecule has 1 aliphatic heterocycles. The molecule has 1 aromatic rings. The van der Waals surface area contributed by atoms with E-state index in [0.29, 0.717) is 12.1 Å². The Morgan fingerprint density at radius 1 is 1.45 bits per heavy atom. The predicted octanol–water partition coefficient (Wildman–Crippen LogP) is 0.995. The van der Waals surface area contributed by atoms with Crippen LogP contribution in [0.5, 0.6) is 0 Å². The fourth-order valence-electron chi connectivity index (χ4n) is 2.51. The molecule has 1 aromatic carbocycles. The van der Waals surface area contributed by atoms with Crippen LogP contribution in [0.2, 0.25) is 0 Å². The number of carbonyl (C=O) groups is 1. The maximum atomic E-state index is 12.5. The van der Waals surface area contributed by atoms with Gasteiger partial charge in [-0.3, -0.25) is 4.79 Å². The van der Waals surface area contributed by atoms with Crippen molar-refractivity contribution in [1.82, 2.24) is 4.90 Å². The van der Waals surface area contributed by atoms with Gasteiger partial charge in [0.05, 0.1) is 17.5 Å². The van der Waals surface area contributed by atoms with Gasteiger partial charge in [-0.15, -0.1) is 0 Å². The van der Waals surface area contributed by atoms with E-state index in [1.165, 1.54) is 12.1 Å². The molecule has 1 atom stereocenters. The summed E-state index contributed by atoms with van der Waals surface area (Å²) >= 11 is 0. The number of benzene rings is 1. The molecule has 0 aromatic heterocycles. The van der Waals surface area contributed by atoms with Crippen LogP contribution in [0, 0.1) is 6.92 Å². The molecule has 0 radical (unpaired) electrons. The van der Waals surface area contributed by atoms with Gasteiger partial charge in [0.25, 0.3) is 5.91 Å². The van der Waals surface area contributed by atoms with E-state index in [9.17, 15) is 18.3 Å². The number of sulfone groups is 1. The molecule has 1 aliphatic rings. The number of hydrogen-bond acceptors (Lipinski definition) is 4. The molecule has 1 amide bonds. The number of rotatable bonds is 3. The van der Waals surface area contributed by atoms with E-state index >= 15 is 0 Å². The summed E-state index contributed by atoms with van der Waals surface area (Å²) < 4.78 is 23.2. The van der Waals surface area contributed by atoms with Gasteiger partial charge in [-0.1, -0.05) is 6.07 Å². The van der Waals surface area contributed by atoms with Crippen molar-refractivity contribution in [2.75, 3.05) is 19.4 Å². The molecule has 110 valence electrons. The van der Waals surface area contributed by atoms with Gasteiger partial charge in [-0.25, -0.2) is 8.42 Å². The lowest BCUT2D eigenvalue weighted by Crippen LogP contribution is -2.38. The van der Waals surface area contributed by atoms with E-state index in [1.807, 2.05) is 0 Å². The van der Waals surface area contributed by atoms with E-state index < -0.39 is 9.84 Å². The lowest BCUT2D eigenvalue weighted by atomic mass is 10.1. The van der Waals surface area contributed by atoms with Crippen LogP contribution in [0.4, 0.5) is 0 Å². The molecule has 1 saturated heterocycles. The van der Waals surface area contributed by atoms with E-state index in [4.69, 9.17) is 0 Å². The minimum atomic E-state index is -3.34. The Morgan fingerprint density at radius 2 is 2.15 bits per heavy atom. The molecule has 1 N–H and O–H groups in total. The van der Waals surface area contributed by atoms with Crippen molar-refractivity contribution in [3.63, 3.8) is 0 Å². The Labute approximate surface area is 119 Å². The molecule has 5 nitrogen and oxygen atoms in total. The molecular weight excluding hydrogens is 278 g/mol. The summed E-state index contributed by atoms with van der Waals surface area (Å²) in [5, 5.41) is 9.30. The number of aryl methyl sites for hydroxylation is 1. The Bertz CT molecular complexity index is 624. The molecule has 1 heterocycles. The third-order valence-corrected chi connectivity index (χ3v) is 4.83. The number of hydrogen-bond donors (Lipinski definition) is 1. The normalized spacial score (nSPS) is 19.4. The Kier molecular flexibility index (Phi) is 4.15. The first-order chi connectivity index (χ1) is 9.34. The lowest BCUT2D eigenvalue weighted by molar-refractivity contribution is 0.0676. The topological polar surface area (TPSA) is 74.7 Å². The van der Waals surface area contributed by atoms with Crippen molar-refractivity contribution in [1.29, 1.82) is 0 Å². The number of aliphatic hydroxyl groups is 1. The monoisotopic (exact) mass is 297 g/mol. The van der Waals surface area contributed by atoms with Crippen molar-refractivity contribution in [3.05, 3.63) is 29.3 Å². The van der Waals surface area contributed by atoms with Gasteiger partial charge in [0, 0.05) is 18.4 Å². The highest BCUT2D eigenvalue weighted by atomic mass is 32.2. The van der Waals surface area contributed by atoms with E-state index in [-0.39, 0.29) is 23.5 Å². The largest absolute Gasteiger partial charge is 0.394 e. The molecular formula is C14H19NO4S. The second-order valence-electron chi connectivity index (χ2n) is 5.23. The van der Waals surface area contributed by atoms with Gasteiger partial charge >= 0.3 is 0 Å². The van der Waals surface area contributed by atoms with Crippen molar-refractivity contribution in [2.24, 2.45) is 0 Å². The molecule has 2 rings (SSSR count). The molecule has 1 unspecified atom stereocenters. The minimum Gasteiger partial charge on any atom is -0.394 e. The fourth-order valence-corrected chi connectivity index (χ4v) is 3.16. The first-order valence-electron chi connectivity index (χ1n) is 6.57. The van der Waals surface area contributed by atoms with Crippen molar-refractivity contribution < 1.29 is 18.3 Å². The van der Waals surface area contributed by atoms with Gasteiger partial charge in [0.1, 0.15) is 0 Å².